The van der Waals surface area contributed by atoms with E-state index in [4.69, 9.17) is 16.3 Å². The smallest absolute Gasteiger partial charge is 0.283 e. The maximum atomic E-state index is 12.3. The summed E-state index contributed by atoms with van der Waals surface area (Å²) in [6.45, 7) is 2.48. The maximum absolute atomic E-state index is 12.3. The summed E-state index contributed by atoms with van der Waals surface area (Å²) in [5.41, 5.74) is 3.31. The summed E-state index contributed by atoms with van der Waals surface area (Å²) in [6.07, 6.45) is 1.56. The Morgan fingerprint density at radius 2 is 2.00 bits per heavy atom. The second kappa shape index (κ2) is 7.47. The minimum Gasteiger partial charge on any atom is -0.493 e. The Balaban J connectivity index is 1.76. The number of amides is 1. The zero-order chi connectivity index (χ0) is 16.9. The molecule has 1 aromatic heterocycles. The van der Waals surface area contributed by atoms with Gasteiger partial charge in [0, 0.05) is 15.6 Å². The molecule has 1 amide bonds. The molecule has 0 aliphatic heterocycles. The number of para-hydroxylation sites is 1. The van der Waals surface area contributed by atoms with Gasteiger partial charge in [0.1, 0.15) is 10.6 Å². The maximum Gasteiger partial charge on any atom is 0.283 e. The molecule has 0 fully saturated rings. The van der Waals surface area contributed by atoms with E-state index < -0.39 is 0 Å². The van der Waals surface area contributed by atoms with Gasteiger partial charge in [-0.3, -0.25) is 4.79 Å². The van der Waals surface area contributed by atoms with Crippen molar-refractivity contribution in [2.75, 3.05) is 6.61 Å². The lowest BCUT2D eigenvalue weighted by Crippen LogP contribution is -2.16. The molecule has 122 valence electrons. The van der Waals surface area contributed by atoms with Crippen LogP contribution in [0.5, 0.6) is 5.75 Å². The normalized spacial score (nSPS) is 11.1. The van der Waals surface area contributed by atoms with Gasteiger partial charge in [0.25, 0.3) is 5.91 Å². The summed E-state index contributed by atoms with van der Waals surface area (Å²) < 4.78 is 6.49. The fourth-order valence-electron chi connectivity index (χ4n) is 2.25. The number of halogens is 1. The molecule has 0 radical (unpaired) electrons. The first kappa shape index (κ1) is 16.5. The second-order valence-electron chi connectivity index (χ2n) is 4.91. The number of carbonyl (C=O) groups excluding carboxylic acids is 1. The van der Waals surface area contributed by atoms with Gasteiger partial charge in [0.05, 0.1) is 17.8 Å². The molecule has 2 aromatic carbocycles. The monoisotopic (exact) mass is 358 g/mol. The largest absolute Gasteiger partial charge is 0.493 e. The molecule has 3 rings (SSSR count). The van der Waals surface area contributed by atoms with E-state index in [0.29, 0.717) is 16.5 Å². The number of nitrogens with one attached hydrogen (secondary N) is 1. The van der Waals surface area contributed by atoms with Crippen molar-refractivity contribution in [3.05, 3.63) is 64.0 Å². The lowest BCUT2D eigenvalue weighted by atomic mass is 10.2. The molecular weight excluding hydrogens is 344 g/mol. The van der Waals surface area contributed by atoms with Crippen molar-refractivity contribution in [2.45, 2.75) is 6.92 Å². The van der Waals surface area contributed by atoms with E-state index in [9.17, 15) is 4.79 Å². The molecule has 0 unspecified atom stereocenters. The third kappa shape index (κ3) is 3.42. The van der Waals surface area contributed by atoms with Gasteiger partial charge >= 0.3 is 0 Å². The first-order valence-corrected chi connectivity index (χ1v) is 8.62. The number of thiophene rings is 1. The fraction of sp³-hybridized carbons (Fsp3) is 0.111. The molecule has 24 heavy (non-hydrogen) atoms. The van der Waals surface area contributed by atoms with Crippen LogP contribution in [0.25, 0.3) is 10.1 Å². The minimum absolute atomic E-state index is 0.327. The average Bonchev–Trinajstić information content (AvgIpc) is 2.94. The molecule has 1 N–H and O–H groups in total. The third-order valence-electron chi connectivity index (χ3n) is 3.33. The summed E-state index contributed by atoms with van der Waals surface area (Å²) in [6, 6.07) is 15.1. The lowest BCUT2D eigenvalue weighted by molar-refractivity contribution is 0.0959. The first-order chi connectivity index (χ1) is 11.7. The van der Waals surface area contributed by atoms with Crippen molar-refractivity contribution in [2.24, 2.45) is 5.10 Å². The standard InChI is InChI=1S/C18H15ClN2O2S/c1-2-23-14-9-5-3-7-12(14)11-20-21-18(22)17-16(19)13-8-4-6-10-15(13)24-17/h3-11H,2H2,1H3,(H,21,22). The Bertz CT molecular complexity index is 905. The molecule has 0 atom stereocenters. The number of rotatable bonds is 5. The van der Waals surface area contributed by atoms with Crippen LogP contribution in [0.1, 0.15) is 22.2 Å². The van der Waals surface area contributed by atoms with Gasteiger partial charge in [-0.05, 0) is 25.1 Å². The van der Waals surface area contributed by atoms with E-state index in [1.54, 1.807) is 6.21 Å². The van der Waals surface area contributed by atoms with Gasteiger partial charge in [0.15, 0.2) is 0 Å². The third-order valence-corrected chi connectivity index (χ3v) is 5.00. The zero-order valence-corrected chi connectivity index (χ0v) is 14.5. The topological polar surface area (TPSA) is 50.7 Å². The van der Waals surface area contributed by atoms with E-state index >= 15 is 0 Å². The Labute approximate surface area is 148 Å². The van der Waals surface area contributed by atoms with E-state index in [-0.39, 0.29) is 5.91 Å². The highest BCUT2D eigenvalue weighted by molar-refractivity contribution is 7.21. The summed E-state index contributed by atoms with van der Waals surface area (Å²) in [5.74, 6) is 0.393. The molecule has 0 saturated carbocycles. The summed E-state index contributed by atoms with van der Waals surface area (Å²) in [4.78, 5) is 12.8. The van der Waals surface area contributed by atoms with Crippen molar-refractivity contribution >= 4 is 45.1 Å². The van der Waals surface area contributed by atoms with E-state index in [1.165, 1.54) is 11.3 Å². The molecule has 6 heteroatoms. The highest BCUT2D eigenvalue weighted by Crippen LogP contribution is 2.34. The Morgan fingerprint density at radius 1 is 1.25 bits per heavy atom. The molecule has 4 nitrogen and oxygen atoms in total. The SMILES string of the molecule is CCOc1ccccc1C=NNC(=O)c1sc2ccccc2c1Cl. The van der Waals surface area contributed by atoms with Crippen LogP contribution < -0.4 is 10.2 Å². The van der Waals surface area contributed by atoms with E-state index in [1.807, 2.05) is 55.5 Å². The molecule has 0 aliphatic carbocycles. The van der Waals surface area contributed by atoms with Crippen molar-refractivity contribution in [1.29, 1.82) is 0 Å². The average molecular weight is 359 g/mol. The van der Waals surface area contributed by atoms with Crippen molar-refractivity contribution < 1.29 is 9.53 Å². The van der Waals surface area contributed by atoms with Gasteiger partial charge in [-0.2, -0.15) is 5.10 Å². The summed E-state index contributed by atoms with van der Waals surface area (Å²) in [7, 11) is 0. The number of hydrogen-bond acceptors (Lipinski definition) is 4. The molecule has 3 aromatic rings. The van der Waals surface area contributed by atoms with Gasteiger partial charge in [-0.1, -0.05) is 41.9 Å². The Morgan fingerprint density at radius 3 is 2.79 bits per heavy atom. The molecule has 1 heterocycles. The van der Waals surface area contributed by atoms with Crippen LogP contribution in [-0.4, -0.2) is 18.7 Å². The van der Waals surface area contributed by atoms with Crippen LogP contribution in [0, 0.1) is 0 Å². The predicted octanol–water partition coefficient (Wildman–Crippen LogP) is 4.72. The zero-order valence-electron chi connectivity index (χ0n) is 13.0. The van der Waals surface area contributed by atoms with Crippen molar-refractivity contribution in [3.8, 4) is 5.75 Å². The number of hydrazone groups is 1. The molecular formula is C18H15ClN2O2S. The number of ether oxygens (including phenoxy) is 1. The number of fused-ring (bicyclic) bond motifs is 1. The fourth-order valence-corrected chi connectivity index (χ4v) is 3.65. The number of carbonyl (C=O) groups is 1. The Hall–Kier alpha value is -2.37. The number of hydrogen-bond donors (Lipinski definition) is 1. The number of benzene rings is 2. The summed E-state index contributed by atoms with van der Waals surface area (Å²) in [5, 5.41) is 5.35. The van der Waals surface area contributed by atoms with Crippen LogP contribution in [0.4, 0.5) is 0 Å². The van der Waals surface area contributed by atoms with Gasteiger partial charge in [0.2, 0.25) is 0 Å². The lowest BCUT2D eigenvalue weighted by Gasteiger charge is -2.05. The van der Waals surface area contributed by atoms with Gasteiger partial charge in [-0.25, -0.2) is 5.43 Å². The molecule has 0 bridgehead atoms. The van der Waals surface area contributed by atoms with Crippen LogP contribution in [0.3, 0.4) is 0 Å². The molecule has 0 saturated heterocycles. The molecule has 0 aliphatic rings. The van der Waals surface area contributed by atoms with Gasteiger partial charge < -0.3 is 4.74 Å². The minimum atomic E-state index is -0.327. The van der Waals surface area contributed by atoms with Crippen LogP contribution in [0.15, 0.2) is 53.6 Å². The summed E-state index contributed by atoms with van der Waals surface area (Å²) >= 11 is 7.64. The van der Waals surface area contributed by atoms with Crippen LogP contribution in [-0.2, 0) is 0 Å². The van der Waals surface area contributed by atoms with Crippen LogP contribution in [0.2, 0.25) is 5.02 Å². The van der Waals surface area contributed by atoms with Crippen LogP contribution >= 0.6 is 22.9 Å². The van der Waals surface area contributed by atoms with Gasteiger partial charge in [-0.15, -0.1) is 11.3 Å². The number of nitrogens with zero attached hydrogens (tertiary/aromatic N) is 1. The van der Waals surface area contributed by atoms with Crippen molar-refractivity contribution in [1.82, 2.24) is 5.43 Å². The predicted molar refractivity (Wildman–Crippen MR) is 99.5 cm³/mol. The van der Waals surface area contributed by atoms with E-state index in [0.717, 1.165) is 21.4 Å². The highest BCUT2D eigenvalue weighted by Gasteiger charge is 2.16. The second-order valence-corrected chi connectivity index (χ2v) is 6.34. The Kier molecular flexibility index (Phi) is 5.13. The quantitative estimate of drug-likeness (QED) is 0.530. The highest BCUT2D eigenvalue weighted by atomic mass is 35.5. The molecule has 0 spiro atoms. The van der Waals surface area contributed by atoms with Crippen molar-refractivity contribution in [3.63, 3.8) is 0 Å². The van der Waals surface area contributed by atoms with E-state index in [2.05, 4.69) is 10.5 Å². The first-order valence-electron chi connectivity index (χ1n) is 7.43.